The minimum atomic E-state index is 0.657. The molecular formula is C21H26N4O2S. The summed E-state index contributed by atoms with van der Waals surface area (Å²) in [5.41, 5.74) is 2.25. The first-order valence-corrected chi connectivity index (χ1v) is 10.4. The van der Waals surface area contributed by atoms with Crippen LogP contribution in [0.5, 0.6) is 5.75 Å². The van der Waals surface area contributed by atoms with E-state index in [1.54, 1.807) is 7.11 Å². The molecule has 7 heteroatoms. The normalized spacial score (nSPS) is 10.8. The number of aromatic nitrogens is 2. The molecule has 0 aliphatic carbocycles. The summed E-state index contributed by atoms with van der Waals surface area (Å²) < 4.78 is 11.0. The topological polar surface area (TPSA) is 72.2 Å². The molecule has 0 radical (unpaired) electrons. The van der Waals surface area contributed by atoms with Crippen LogP contribution < -0.4 is 15.4 Å². The fraction of sp³-hybridized carbons (Fsp3) is 0.333. The lowest BCUT2D eigenvalue weighted by atomic mass is 10.1. The zero-order valence-electron chi connectivity index (χ0n) is 16.3. The Bertz CT molecular complexity index is 852. The second-order valence-electron chi connectivity index (χ2n) is 6.32. The van der Waals surface area contributed by atoms with Gasteiger partial charge in [0, 0.05) is 31.1 Å². The summed E-state index contributed by atoms with van der Waals surface area (Å²) in [5, 5.41) is 6.35. The van der Waals surface area contributed by atoms with Crippen LogP contribution in [0.15, 0.2) is 53.2 Å². The van der Waals surface area contributed by atoms with Gasteiger partial charge in [-0.25, -0.2) is 9.97 Å². The quantitative estimate of drug-likeness (QED) is 0.477. The highest BCUT2D eigenvalue weighted by atomic mass is 32.2. The van der Waals surface area contributed by atoms with Crippen LogP contribution in [-0.2, 0) is 18.7 Å². The number of nitrogens with zero attached hydrogens (tertiary/aromatic N) is 2. The van der Waals surface area contributed by atoms with E-state index in [0.29, 0.717) is 5.95 Å². The molecule has 3 rings (SSSR count). The van der Waals surface area contributed by atoms with Gasteiger partial charge in [0.05, 0.1) is 19.4 Å². The highest BCUT2D eigenvalue weighted by Crippen LogP contribution is 2.17. The number of furan rings is 1. The fourth-order valence-electron chi connectivity index (χ4n) is 2.73. The van der Waals surface area contributed by atoms with E-state index in [1.165, 1.54) is 5.56 Å². The number of hydrogen-bond donors (Lipinski definition) is 2. The molecule has 2 heterocycles. The number of benzene rings is 1. The van der Waals surface area contributed by atoms with Gasteiger partial charge in [-0.2, -0.15) is 11.8 Å². The average molecular weight is 399 g/mol. The summed E-state index contributed by atoms with van der Waals surface area (Å²) in [5.74, 6) is 5.32. The van der Waals surface area contributed by atoms with Gasteiger partial charge in [0.2, 0.25) is 5.95 Å². The van der Waals surface area contributed by atoms with Crippen molar-refractivity contribution in [3.05, 3.63) is 71.4 Å². The van der Waals surface area contributed by atoms with Crippen LogP contribution in [0.25, 0.3) is 0 Å². The maximum absolute atomic E-state index is 5.73. The Morgan fingerprint density at radius 2 is 1.89 bits per heavy atom. The molecular weight excluding hydrogens is 372 g/mol. The highest BCUT2D eigenvalue weighted by molar-refractivity contribution is 7.98. The Labute approximate surface area is 170 Å². The van der Waals surface area contributed by atoms with Crippen molar-refractivity contribution in [3.63, 3.8) is 0 Å². The molecule has 2 aromatic heterocycles. The van der Waals surface area contributed by atoms with E-state index in [9.17, 15) is 0 Å². The van der Waals surface area contributed by atoms with Gasteiger partial charge in [0.1, 0.15) is 17.3 Å². The van der Waals surface area contributed by atoms with E-state index in [4.69, 9.17) is 9.15 Å². The largest absolute Gasteiger partial charge is 0.497 e. The summed E-state index contributed by atoms with van der Waals surface area (Å²) in [7, 11) is 3.59. The van der Waals surface area contributed by atoms with E-state index in [2.05, 4.69) is 26.7 Å². The molecule has 0 saturated heterocycles. The smallest absolute Gasteiger partial charge is 0.222 e. The van der Waals surface area contributed by atoms with Gasteiger partial charge in [-0.05, 0) is 42.4 Å². The monoisotopic (exact) mass is 398 g/mol. The van der Waals surface area contributed by atoms with Gasteiger partial charge in [-0.3, -0.25) is 0 Å². The van der Waals surface area contributed by atoms with E-state index < -0.39 is 0 Å². The van der Waals surface area contributed by atoms with E-state index in [1.807, 2.05) is 61.5 Å². The molecule has 0 fully saturated rings. The minimum absolute atomic E-state index is 0.657. The Morgan fingerprint density at radius 3 is 2.68 bits per heavy atom. The highest BCUT2D eigenvalue weighted by Gasteiger charge is 2.03. The molecule has 0 unspecified atom stereocenters. The first-order chi connectivity index (χ1) is 13.8. The summed E-state index contributed by atoms with van der Waals surface area (Å²) in [6.45, 7) is 1.57. The average Bonchev–Trinajstić information content (AvgIpc) is 3.17. The molecule has 28 heavy (non-hydrogen) atoms. The van der Waals surface area contributed by atoms with Crippen molar-refractivity contribution in [3.8, 4) is 5.75 Å². The lowest BCUT2D eigenvalue weighted by molar-refractivity contribution is 0.414. The molecule has 2 N–H and O–H groups in total. The molecule has 0 atom stereocenters. The molecule has 0 amide bonds. The van der Waals surface area contributed by atoms with Gasteiger partial charge in [0.15, 0.2) is 0 Å². The second-order valence-corrected chi connectivity index (χ2v) is 7.43. The summed E-state index contributed by atoms with van der Waals surface area (Å²) in [6, 6.07) is 12.1. The molecule has 6 nitrogen and oxygen atoms in total. The van der Waals surface area contributed by atoms with Crippen LogP contribution in [0.4, 0.5) is 5.95 Å². The van der Waals surface area contributed by atoms with Crippen molar-refractivity contribution in [1.29, 1.82) is 0 Å². The van der Waals surface area contributed by atoms with Crippen molar-refractivity contribution in [1.82, 2.24) is 15.3 Å². The Balaban J connectivity index is 1.38. The SMILES string of the molecule is CNCc1ccc(CSCCNc2ncc(Cc3cccc(OC)c3)cn2)o1. The minimum Gasteiger partial charge on any atom is -0.497 e. The lowest BCUT2D eigenvalue weighted by Crippen LogP contribution is -2.07. The van der Waals surface area contributed by atoms with Crippen LogP contribution in [0.1, 0.15) is 22.6 Å². The van der Waals surface area contributed by atoms with E-state index >= 15 is 0 Å². The third-order valence-corrected chi connectivity index (χ3v) is 5.07. The van der Waals surface area contributed by atoms with Gasteiger partial charge in [0.25, 0.3) is 0 Å². The molecule has 3 aromatic rings. The lowest BCUT2D eigenvalue weighted by Gasteiger charge is -2.06. The maximum atomic E-state index is 5.73. The molecule has 0 aliphatic heterocycles. The number of anilines is 1. The molecule has 1 aromatic carbocycles. The van der Waals surface area contributed by atoms with Gasteiger partial charge in [-0.1, -0.05) is 12.1 Å². The molecule has 0 spiro atoms. The van der Waals surface area contributed by atoms with Crippen LogP contribution in [-0.4, -0.2) is 36.4 Å². The van der Waals surface area contributed by atoms with Crippen molar-refractivity contribution in [2.24, 2.45) is 0 Å². The van der Waals surface area contributed by atoms with Crippen molar-refractivity contribution in [2.45, 2.75) is 18.7 Å². The van der Waals surface area contributed by atoms with Crippen molar-refractivity contribution >= 4 is 17.7 Å². The predicted octanol–water partition coefficient (Wildman–Crippen LogP) is 3.73. The van der Waals surface area contributed by atoms with Crippen LogP contribution in [0, 0.1) is 0 Å². The van der Waals surface area contributed by atoms with Gasteiger partial charge < -0.3 is 19.8 Å². The Kier molecular flexibility index (Phi) is 7.75. The molecule has 0 aliphatic rings. The molecule has 0 saturated carbocycles. The molecule has 0 bridgehead atoms. The number of nitrogens with one attached hydrogen (secondary N) is 2. The van der Waals surface area contributed by atoms with E-state index in [-0.39, 0.29) is 0 Å². The van der Waals surface area contributed by atoms with Crippen LogP contribution >= 0.6 is 11.8 Å². The third-order valence-electron chi connectivity index (χ3n) is 4.09. The van der Waals surface area contributed by atoms with Gasteiger partial charge >= 0.3 is 0 Å². The predicted molar refractivity (Wildman–Crippen MR) is 114 cm³/mol. The zero-order valence-corrected chi connectivity index (χ0v) is 17.1. The Morgan fingerprint density at radius 1 is 1.07 bits per heavy atom. The number of rotatable bonds is 11. The first kappa shape index (κ1) is 20.2. The zero-order chi connectivity index (χ0) is 19.6. The van der Waals surface area contributed by atoms with E-state index in [0.717, 1.165) is 53.8 Å². The standard InChI is InChI=1S/C21H26N4O2S/c1-22-14-19-6-7-20(27-19)15-28-9-8-23-21-24-12-17(13-25-21)10-16-4-3-5-18(11-16)26-2/h3-7,11-13,22H,8-10,14-15H2,1-2H3,(H,23,24,25). The summed E-state index contributed by atoms with van der Waals surface area (Å²) in [6.07, 6.45) is 4.52. The molecule has 148 valence electrons. The summed E-state index contributed by atoms with van der Waals surface area (Å²) in [4.78, 5) is 8.82. The third kappa shape index (κ3) is 6.28. The van der Waals surface area contributed by atoms with Crippen molar-refractivity contribution in [2.75, 3.05) is 31.8 Å². The number of ether oxygens (including phenoxy) is 1. The summed E-state index contributed by atoms with van der Waals surface area (Å²) >= 11 is 1.82. The van der Waals surface area contributed by atoms with Crippen molar-refractivity contribution < 1.29 is 9.15 Å². The first-order valence-electron chi connectivity index (χ1n) is 9.24. The van der Waals surface area contributed by atoms with Crippen LogP contribution in [0.2, 0.25) is 0 Å². The van der Waals surface area contributed by atoms with Gasteiger partial charge in [-0.15, -0.1) is 0 Å². The van der Waals surface area contributed by atoms with Crippen LogP contribution in [0.3, 0.4) is 0 Å². The maximum Gasteiger partial charge on any atom is 0.222 e. The number of methoxy groups -OCH3 is 1. The fourth-order valence-corrected chi connectivity index (χ4v) is 3.48. The number of thioether (sulfide) groups is 1. The number of hydrogen-bond acceptors (Lipinski definition) is 7. The Hall–Kier alpha value is -2.51. The second kappa shape index (κ2) is 10.7.